The number of unbranched alkanes of at least 4 members (excludes halogenated alkanes) is 1. The summed E-state index contributed by atoms with van der Waals surface area (Å²) in [4.78, 5) is 0. The van der Waals surface area contributed by atoms with Crippen LogP contribution in [0.5, 0.6) is 0 Å². The normalized spacial score (nSPS) is 10.8. The average molecular weight is 169 g/mol. The summed E-state index contributed by atoms with van der Waals surface area (Å²) in [7, 11) is 0. The molecule has 6 heavy (non-hydrogen) atoms. The van der Waals surface area contributed by atoms with E-state index in [0.29, 0.717) is 6.83 Å². The molecule has 0 aromatic rings. The van der Waals surface area contributed by atoms with Crippen LogP contribution in [-0.4, -0.2) is 21.3 Å². The summed E-state index contributed by atoms with van der Waals surface area (Å²) < 4.78 is 0. The Balaban J connectivity index is 2.49. The maximum absolute atomic E-state index is 3.06. The SMILES string of the molecule is CCCC[PH2]=[Se]. The summed E-state index contributed by atoms with van der Waals surface area (Å²) in [6, 6.07) is 0. The summed E-state index contributed by atoms with van der Waals surface area (Å²) in [6.45, 7) is 2.89. The standard InChI is InChI=1S/C4H11PSe/c1-2-3-4-5-6/h2-5H2,1H3. The second-order valence-corrected chi connectivity index (χ2v) is 4.32. The van der Waals surface area contributed by atoms with Crippen LogP contribution < -0.4 is 0 Å². The van der Waals surface area contributed by atoms with Crippen molar-refractivity contribution in [2.24, 2.45) is 0 Å². The third-order valence-electron chi connectivity index (χ3n) is 0.676. The van der Waals surface area contributed by atoms with Crippen molar-refractivity contribution in [2.75, 3.05) is 6.16 Å². The minimum atomic E-state index is 0.659. The van der Waals surface area contributed by atoms with Crippen molar-refractivity contribution in [1.29, 1.82) is 0 Å². The zero-order chi connectivity index (χ0) is 4.83. The molecule has 0 saturated heterocycles. The summed E-state index contributed by atoms with van der Waals surface area (Å²) >= 11 is 3.06. The van der Waals surface area contributed by atoms with Gasteiger partial charge in [0.15, 0.2) is 0 Å². The van der Waals surface area contributed by atoms with Gasteiger partial charge in [0.05, 0.1) is 0 Å². The minimum absolute atomic E-state index is 0.659. The molecule has 0 N–H and O–H groups in total. The first kappa shape index (κ1) is 6.95. The summed E-state index contributed by atoms with van der Waals surface area (Å²) in [5.41, 5.74) is 0. The van der Waals surface area contributed by atoms with Gasteiger partial charge in [0.1, 0.15) is 0 Å². The van der Waals surface area contributed by atoms with Crippen LogP contribution in [0.3, 0.4) is 0 Å². The second kappa shape index (κ2) is 5.95. The Kier molecular flexibility index (Phi) is 6.89. The maximum atomic E-state index is 3.06. The van der Waals surface area contributed by atoms with Gasteiger partial charge in [-0.2, -0.15) is 0 Å². The number of hydrogen-bond acceptors (Lipinski definition) is 0. The van der Waals surface area contributed by atoms with E-state index in [1.165, 1.54) is 19.0 Å². The summed E-state index contributed by atoms with van der Waals surface area (Å²) in [6.07, 6.45) is 4.22. The van der Waals surface area contributed by atoms with Gasteiger partial charge >= 0.3 is 47.9 Å². The van der Waals surface area contributed by atoms with Crippen molar-refractivity contribution in [2.45, 2.75) is 19.8 Å². The molecule has 0 heterocycles. The van der Waals surface area contributed by atoms with Gasteiger partial charge in [0.2, 0.25) is 0 Å². The molecule has 0 aliphatic carbocycles. The van der Waals surface area contributed by atoms with Crippen LogP contribution in [0.15, 0.2) is 0 Å². The Morgan fingerprint density at radius 2 is 2.33 bits per heavy atom. The fourth-order valence-corrected chi connectivity index (χ4v) is 1.91. The quantitative estimate of drug-likeness (QED) is 0.339. The van der Waals surface area contributed by atoms with E-state index in [1.807, 2.05) is 0 Å². The van der Waals surface area contributed by atoms with Crippen molar-refractivity contribution in [3.05, 3.63) is 0 Å². The van der Waals surface area contributed by atoms with Crippen LogP contribution in [0.4, 0.5) is 0 Å². The van der Waals surface area contributed by atoms with E-state index in [2.05, 4.69) is 22.0 Å². The molecule has 0 nitrogen and oxygen atoms in total. The molecule has 0 bridgehead atoms. The van der Waals surface area contributed by atoms with Gasteiger partial charge in [-0.15, -0.1) is 0 Å². The van der Waals surface area contributed by atoms with E-state index in [-0.39, 0.29) is 0 Å². The van der Waals surface area contributed by atoms with Crippen LogP contribution >= 0.6 is 6.83 Å². The first-order chi connectivity index (χ1) is 2.91. The van der Waals surface area contributed by atoms with Gasteiger partial charge < -0.3 is 0 Å². The Labute approximate surface area is 48.4 Å². The molecule has 0 amide bonds. The van der Waals surface area contributed by atoms with Gasteiger partial charge in [-0.1, -0.05) is 0 Å². The van der Waals surface area contributed by atoms with Gasteiger partial charge in [-0.3, -0.25) is 0 Å². The zero-order valence-corrected chi connectivity index (χ0v) is 6.97. The molecule has 0 radical (unpaired) electrons. The van der Waals surface area contributed by atoms with Crippen molar-refractivity contribution in [1.82, 2.24) is 0 Å². The molecule has 0 rings (SSSR count). The number of hydrogen-bond donors (Lipinski definition) is 0. The predicted octanol–water partition coefficient (Wildman–Crippen LogP) is 1.28. The Hall–Kier alpha value is 0.949. The first-order valence-electron chi connectivity index (χ1n) is 2.35. The van der Waals surface area contributed by atoms with Crippen LogP contribution in [0.2, 0.25) is 0 Å². The van der Waals surface area contributed by atoms with Crippen molar-refractivity contribution in [3.63, 3.8) is 0 Å². The van der Waals surface area contributed by atoms with E-state index >= 15 is 0 Å². The molecule has 2 heteroatoms. The van der Waals surface area contributed by atoms with Gasteiger partial charge in [-0.05, 0) is 0 Å². The van der Waals surface area contributed by atoms with E-state index in [0.717, 1.165) is 0 Å². The molecule has 0 aliphatic heterocycles. The van der Waals surface area contributed by atoms with Crippen LogP contribution in [0.1, 0.15) is 19.8 Å². The van der Waals surface area contributed by atoms with E-state index in [1.54, 1.807) is 0 Å². The van der Waals surface area contributed by atoms with E-state index in [4.69, 9.17) is 0 Å². The molecule has 1 atom stereocenters. The molecule has 38 valence electrons. The van der Waals surface area contributed by atoms with Crippen molar-refractivity contribution >= 4 is 21.9 Å². The topological polar surface area (TPSA) is 0 Å². The summed E-state index contributed by atoms with van der Waals surface area (Å²) in [5.74, 6) is 0. The summed E-state index contributed by atoms with van der Waals surface area (Å²) in [5, 5.41) is 0. The molecule has 0 aliphatic rings. The van der Waals surface area contributed by atoms with Crippen LogP contribution in [0, 0.1) is 0 Å². The molecule has 0 spiro atoms. The van der Waals surface area contributed by atoms with E-state index < -0.39 is 0 Å². The fourth-order valence-electron chi connectivity index (χ4n) is 0.287. The molecule has 1 unspecified atom stereocenters. The van der Waals surface area contributed by atoms with Gasteiger partial charge in [-0.25, -0.2) is 0 Å². The molecule has 0 saturated carbocycles. The molecule has 0 fully saturated rings. The average Bonchev–Trinajstić information content (AvgIpc) is 1.61. The first-order valence-corrected chi connectivity index (χ1v) is 6.61. The van der Waals surface area contributed by atoms with Crippen LogP contribution in [0.25, 0.3) is 0 Å². The molecular weight excluding hydrogens is 158 g/mol. The Bertz CT molecular complexity index is 36.5. The third kappa shape index (κ3) is 4.95. The second-order valence-electron chi connectivity index (χ2n) is 1.31. The molecular formula is C4H11PSe. The van der Waals surface area contributed by atoms with E-state index in [9.17, 15) is 0 Å². The Morgan fingerprint density at radius 3 is 2.50 bits per heavy atom. The monoisotopic (exact) mass is 170 g/mol. The molecule has 0 aromatic carbocycles. The van der Waals surface area contributed by atoms with Gasteiger partial charge in [0.25, 0.3) is 0 Å². The Morgan fingerprint density at radius 1 is 1.67 bits per heavy atom. The van der Waals surface area contributed by atoms with Crippen molar-refractivity contribution < 1.29 is 0 Å². The molecule has 0 aromatic heterocycles. The predicted molar refractivity (Wildman–Crippen MR) is 35.2 cm³/mol. The van der Waals surface area contributed by atoms with Gasteiger partial charge in [0, 0.05) is 0 Å². The number of rotatable bonds is 3. The van der Waals surface area contributed by atoms with Crippen molar-refractivity contribution in [3.8, 4) is 0 Å². The zero-order valence-electron chi connectivity index (χ0n) is 4.11. The fraction of sp³-hybridized carbons (Fsp3) is 1.00. The third-order valence-corrected chi connectivity index (χ3v) is 2.80. The van der Waals surface area contributed by atoms with Crippen LogP contribution in [-0.2, 0) is 0 Å².